The summed E-state index contributed by atoms with van der Waals surface area (Å²) in [6.45, 7) is 0. The maximum Gasteiger partial charge on any atom is 0.340 e. The summed E-state index contributed by atoms with van der Waals surface area (Å²) in [6.07, 6.45) is 1.13. The number of hydrogen-bond donors (Lipinski definition) is 2. The average Bonchev–Trinajstić information content (AvgIpc) is 2.72. The largest absolute Gasteiger partial charge is 0.505 e. The molecule has 0 radical (unpaired) electrons. The summed E-state index contributed by atoms with van der Waals surface area (Å²) in [7, 11) is -3.35. The third kappa shape index (κ3) is 3.85. The number of hydrogen-bond acceptors (Lipinski definition) is 5. The summed E-state index contributed by atoms with van der Waals surface area (Å²) in [4.78, 5) is 16.8. The molecule has 0 spiro atoms. The van der Waals surface area contributed by atoms with Gasteiger partial charge in [0.15, 0.2) is 15.6 Å². The molecule has 0 unspecified atom stereocenters. The quantitative estimate of drug-likeness (QED) is 0.449. The number of fused-ring (bicyclic) bond motifs is 1. The van der Waals surface area contributed by atoms with Crippen LogP contribution in [0.15, 0.2) is 71.6 Å². The Balaban J connectivity index is 2.02. The van der Waals surface area contributed by atoms with Crippen molar-refractivity contribution in [1.82, 2.24) is 4.98 Å². The fourth-order valence-corrected chi connectivity index (χ4v) is 4.17. The summed E-state index contributed by atoms with van der Waals surface area (Å²) in [5, 5.41) is 21.3. The summed E-state index contributed by atoms with van der Waals surface area (Å²) in [5.41, 5.74) is 2.00. The van der Waals surface area contributed by atoms with Crippen molar-refractivity contribution in [2.45, 2.75) is 4.90 Å². The van der Waals surface area contributed by atoms with E-state index in [4.69, 9.17) is 11.6 Å². The highest BCUT2D eigenvalue weighted by atomic mass is 35.5. The first-order valence-electron chi connectivity index (χ1n) is 9.12. The van der Waals surface area contributed by atoms with E-state index in [1.165, 1.54) is 12.1 Å². The lowest BCUT2D eigenvalue weighted by Gasteiger charge is -2.14. The Hall–Kier alpha value is -3.42. The van der Waals surface area contributed by atoms with Gasteiger partial charge in [-0.15, -0.1) is 0 Å². The van der Waals surface area contributed by atoms with Crippen LogP contribution in [0.5, 0.6) is 5.75 Å². The van der Waals surface area contributed by atoms with Gasteiger partial charge in [0.05, 0.1) is 10.4 Å². The van der Waals surface area contributed by atoms with Gasteiger partial charge in [-0.05, 0) is 29.8 Å². The number of aromatic hydroxyl groups is 1. The molecule has 0 amide bonds. The number of rotatable bonds is 4. The fourth-order valence-electron chi connectivity index (χ4n) is 3.42. The lowest BCUT2D eigenvalue weighted by molar-refractivity contribution is 0.0696. The number of benzene rings is 3. The third-order valence-electron chi connectivity index (χ3n) is 4.92. The van der Waals surface area contributed by atoms with E-state index >= 15 is 0 Å². The van der Waals surface area contributed by atoms with Crippen molar-refractivity contribution >= 4 is 38.3 Å². The highest BCUT2D eigenvalue weighted by Gasteiger charge is 2.22. The van der Waals surface area contributed by atoms with E-state index in [2.05, 4.69) is 4.98 Å². The Morgan fingerprint density at radius 3 is 2.13 bits per heavy atom. The summed E-state index contributed by atoms with van der Waals surface area (Å²) in [6, 6.07) is 17.8. The smallest absolute Gasteiger partial charge is 0.340 e. The van der Waals surface area contributed by atoms with Gasteiger partial charge in [0.1, 0.15) is 11.3 Å². The van der Waals surface area contributed by atoms with Crippen molar-refractivity contribution in [3.05, 3.63) is 77.3 Å². The first-order valence-corrected chi connectivity index (χ1v) is 11.4. The number of pyridine rings is 1. The van der Waals surface area contributed by atoms with E-state index in [1.54, 1.807) is 54.6 Å². The van der Waals surface area contributed by atoms with E-state index in [1.807, 2.05) is 0 Å². The van der Waals surface area contributed by atoms with Crippen LogP contribution < -0.4 is 0 Å². The van der Waals surface area contributed by atoms with Gasteiger partial charge in [-0.2, -0.15) is 0 Å². The molecule has 0 atom stereocenters. The summed E-state index contributed by atoms with van der Waals surface area (Å²) >= 11 is 5.95. The van der Waals surface area contributed by atoms with Crippen LogP contribution in [0.2, 0.25) is 5.02 Å². The molecule has 0 aliphatic heterocycles. The van der Waals surface area contributed by atoms with Crippen LogP contribution in [-0.4, -0.2) is 35.8 Å². The predicted octanol–water partition coefficient (Wildman–Crippen LogP) is 5.03. The SMILES string of the molecule is CS(=O)(=O)c1ccc(-c2cccc3c(C(=O)O)c(O)c(-c4ccc(Cl)cc4)nc23)cc1. The van der Waals surface area contributed by atoms with Crippen molar-refractivity contribution in [2.75, 3.05) is 6.26 Å². The van der Waals surface area contributed by atoms with Crippen LogP contribution in [-0.2, 0) is 9.84 Å². The second-order valence-corrected chi connectivity index (χ2v) is 9.45. The molecule has 6 nitrogen and oxygen atoms in total. The van der Waals surface area contributed by atoms with Crippen molar-refractivity contribution in [1.29, 1.82) is 0 Å². The lowest BCUT2D eigenvalue weighted by Crippen LogP contribution is -2.02. The Labute approximate surface area is 183 Å². The van der Waals surface area contributed by atoms with Crippen LogP contribution in [0.3, 0.4) is 0 Å². The number of carboxylic acid groups (broad SMARTS) is 1. The van der Waals surface area contributed by atoms with Crippen LogP contribution >= 0.6 is 11.6 Å². The minimum absolute atomic E-state index is 0.113. The fraction of sp³-hybridized carbons (Fsp3) is 0.0435. The van der Waals surface area contributed by atoms with Crippen LogP contribution in [0.1, 0.15) is 10.4 Å². The molecule has 0 aliphatic carbocycles. The molecule has 0 saturated heterocycles. The Kier molecular flexibility index (Phi) is 5.16. The maximum absolute atomic E-state index is 12.0. The highest BCUT2D eigenvalue weighted by Crippen LogP contribution is 2.39. The highest BCUT2D eigenvalue weighted by molar-refractivity contribution is 7.90. The van der Waals surface area contributed by atoms with Crippen molar-refractivity contribution in [3.8, 4) is 28.1 Å². The third-order valence-corrected chi connectivity index (χ3v) is 6.30. The van der Waals surface area contributed by atoms with Gasteiger partial charge in [-0.1, -0.05) is 54.1 Å². The van der Waals surface area contributed by atoms with Crippen molar-refractivity contribution in [3.63, 3.8) is 0 Å². The lowest BCUT2D eigenvalue weighted by atomic mass is 9.97. The molecular weight excluding hydrogens is 438 g/mol. The van der Waals surface area contributed by atoms with Crippen LogP contribution in [0.25, 0.3) is 33.3 Å². The number of para-hydroxylation sites is 1. The molecule has 4 aromatic rings. The van der Waals surface area contributed by atoms with Crippen LogP contribution in [0, 0.1) is 0 Å². The molecule has 0 fully saturated rings. The predicted molar refractivity (Wildman–Crippen MR) is 119 cm³/mol. The topological polar surface area (TPSA) is 105 Å². The Morgan fingerprint density at radius 1 is 0.935 bits per heavy atom. The summed E-state index contributed by atoms with van der Waals surface area (Å²) in [5.74, 6) is -1.73. The average molecular weight is 454 g/mol. The van der Waals surface area contributed by atoms with Gasteiger partial charge >= 0.3 is 5.97 Å². The number of nitrogens with zero attached hydrogens (tertiary/aromatic N) is 1. The first-order chi connectivity index (χ1) is 14.7. The first kappa shape index (κ1) is 20.8. The van der Waals surface area contributed by atoms with E-state index in [0.717, 1.165) is 6.26 Å². The second-order valence-electron chi connectivity index (χ2n) is 6.99. The molecular formula is C23H16ClNO5S. The molecule has 2 N–H and O–H groups in total. The number of aromatic nitrogens is 1. The molecule has 8 heteroatoms. The zero-order valence-corrected chi connectivity index (χ0v) is 17.8. The second kappa shape index (κ2) is 7.68. The number of carboxylic acids is 1. The van der Waals surface area contributed by atoms with E-state index in [9.17, 15) is 23.4 Å². The zero-order valence-electron chi connectivity index (χ0n) is 16.2. The minimum Gasteiger partial charge on any atom is -0.505 e. The normalized spacial score (nSPS) is 11.5. The number of carbonyl (C=O) groups is 1. The molecule has 156 valence electrons. The summed E-state index contributed by atoms with van der Waals surface area (Å²) < 4.78 is 23.5. The maximum atomic E-state index is 12.0. The number of aromatic carboxylic acids is 1. The van der Waals surface area contributed by atoms with Crippen molar-refractivity contribution in [2.24, 2.45) is 0 Å². The van der Waals surface area contributed by atoms with Gasteiger partial charge < -0.3 is 10.2 Å². The molecule has 0 aliphatic rings. The monoisotopic (exact) mass is 453 g/mol. The molecule has 3 aromatic carbocycles. The van der Waals surface area contributed by atoms with Gasteiger partial charge in [-0.25, -0.2) is 18.2 Å². The van der Waals surface area contributed by atoms with Crippen molar-refractivity contribution < 1.29 is 23.4 Å². The molecule has 0 saturated carbocycles. The van der Waals surface area contributed by atoms with E-state index in [0.29, 0.717) is 27.2 Å². The van der Waals surface area contributed by atoms with Gasteiger partial charge in [0, 0.05) is 27.8 Å². The Morgan fingerprint density at radius 2 is 1.55 bits per heavy atom. The number of sulfone groups is 1. The molecule has 31 heavy (non-hydrogen) atoms. The van der Waals surface area contributed by atoms with E-state index < -0.39 is 21.6 Å². The van der Waals surface area contributed by atoms with Crippen LogP contribution in [0.4, 0.5) is 0 Å². The standard InChI is InChI=1S/C23H16ClNO5S/c1-31(29,30)16-11-7-13(8-12-16)17-3-2-4-18-19(23(27)28)22(26)20(25-21(17)18)14-5-9-15(24)10-6-14/h2-12,26H,1H3,(H,27,28). The van der Waals surface area contributed by atoms with E-state index in [-0.39, 0.29) is 21.5 Å². The van der Waals surface area contributed by atoms with Gasteiger partial charge in [0.2, 0.25) is 0 Å². The number of halogens is 1. The molecule has 4 rings (SSSR count). The molecule has 0 bridgehead atoms. The van der Waals surface area contributed by atoms with Gasteiger partial charge in [-0.3, -0.25) is 0 Å². The molecule has 1 aromatic heterocycles. The minimum atomic E-state index is -3.35. The molecule has 1 heterocycles. The zero-order chi connectivity index (χ0) is 22.3. The Bertz CT molecular complexity index is 1430. The van der Waals surface area contributed by atoms with Gasteiger partial charge in [0.25, 0.3) is 0 Å².